The quantitative estimate of drug-likeness (QED) is 0.112. The summed E-state index contributed by atoms with van der Waals surface area (Å²) in [6.45, 7) is 0. The molecule has 62 heavy (non-hydrogen) atoms. The van der Waals surface area contributed by atoms with Crippen molar-refractivity contribution >= 4 is 23.9 Å². The molecule has 0 fully saturated rings. The summed E-state index contributed by atoms with van der Waals surface area (Å²) in [5.41, 5.74) is -0.713. The van der Waals surface area contributed by atoms with E-state index >= 15 is 0 Å². The van der Waals surface area contributed by atoms with Crippen molar-refractivity contribution in [2.24, 2.45) is 0 Å². The van der Waals surface area contributed by atoms with E-state index < -0.39 is 23.9 Å². The zero-order valence-corrected chi connectivity index (χ0v) is 40.5. The smallest absolute Gasteiger partial charge is 0.545 e. The number of aromatic carboxylic acids is 4. The molecule has 8 rings (SSSR count). The van der Waals surface area contributed by atoms with E-state index in [0.717, 1.165) is 0 Å². The molecule has 0 amide bonds. The number of hydrogen-bond donors (Lipinski definition) is 8. The van der Waals surface area contributed by atoms with Crippen LogP contribution in [0.4, 0.5) is 0 Å². The number of aromatic nitrogens is 8. The van der Waals surface area contributed by atoms with Gasteiger partial charge in [-0.1, -0.05) is 48.5 Å². The number of carboxylic acid groups (broad SMARTS) is 4. The maximum atomic E-state index is 10.2. The average molecular weight is 1050 g/mol. The van der Waals surface area contributed by atoms with Gasteiger partial charge in [-0.05, 0) is 48.5 Å². The van der Waals surface area contributed by atoms with E-state index in [1.165, 1.54) is 72.8 Å². The van der Waals surface area contributed by atoms with Crippen molar-refractivity contribution in [3.05, 3.63) is 194 Å². The van der Waals surface area contributed by atoms with Crippen LogP contribution in [0.5, 0.6) is 23.0 Å². The van der Waals surface area contributed by atoms with Crippen LogP contribution in [-0.4, -0.2) is 84.2 Å². The van der Waals surface area contributed by atoms with Gasteiger partial charge in [-0.3, -0.25) is 0 Å². The van der Waals surface area contributed by atoms with Gasteiger partial charge in [0.15, 0.2) is 0 Å². The second-order valence-electron chi connectivity index (χ2n) is 10.3. The fraction of sp³-hybridized carbons (Fsp3) is 0. The van der Waals surface area contributed by atoms with Crippen LogP contribution in [0.3, 0.4) is 0 Å². The number of nitrogens with one attached hydrogen (secondary N) is 4. The molecule has 0 radical (unpaired) electrons. The third-order valence-electron chi connectivity index (χ3n) is 6.12. The molecule has 0 bridgehead atoms. The van der Waals surface area contributed by atoms with Crippen LogP contribution in [0.1, 0.15) is 41.4 Å². The van der Waals surface area contributed by atoms with Gasteiger partial charge < -0.3 is 80.0 Å². The van der Waals surface area contributed by atoms with Gasteiger partial charge in [-0.25, -0.2) is 19.9 Å². The number of carbonyl (C=O) groups is 4. The maximum absolute atomic E-state index is 10.2. The largest absolute Gasteiger partial charge is 2.00 e. The summed E-state index contributed by atoms with van der Waals surface area (Å²) in [6, 6.07) is 22.6. The van der Waals surface area contributed by atoms with Crippen molar-refractivity contribution in [3.8, 4) is 23.0 Å². The summed E-state index contributed by atoms with van der Waals surface area (Å²) < 4.78 is 0. The molecule has 4 aromatic heterocycles. The molecular weight excluding hydrogens is 1010 g/mol. The predicted molar refractivity (Wildman–Crippen MR) is 204 cm³/mol. The third kappa shape index (κ3) is 26.6. The first-order valence-electron chi connectivity index (χ1n) is 16.5. The summed E-state index contributed by atoms with van der Waals surface area (Å²) in [4.78, 5) is 66.3. The van der Waals surface area contributed by atoms with Gasteiger partial charge in [-0.15, -0.1) is 0 Å². The number of nitrogens with zero attached hydrogens (tertiary/aromatic N) is 4. The Hall–Kier alpha value is -7.36. The zero-order chi connectivity index (χ0) is 44.4. The van der Waals surface area contributed by atoms with Crippen molar-refractivity contribution in [1.29, 1.82) is 0 Å². The first kappa shape index (κ1) is 56.7. The van der Waals surface area contributed by atoms with E-state index in [1.54, 1.807) is 99.1 Å². The Bertz CT molecular complexity index is 1920. The molecule has 0 atom stereocenters. The van der Waals surface area contributed by atoms with Gasteiger partial charge in [0.1, 0.15) is 23.0 Å². The maximum Gasteiger partial charge on any atom is 2.00 e. The molecule has 0 spiro atoms. The second kappa shape index (κ2) is 35.6. The summed E-state index contributed by atoms with van der Waals surface area (Å²) in [5.74, 6) is -6.50. The van der Waals surface area contributed by atoms with Crippen molar-refractivity contribution in [2.45, 2.75) is 0 Å². The number of hydrogen-bond acceptors (Lipinski definition) is 16. The number of para-hydroxylation sites is 4. The molecule has 4 heterocycles. The van der Waals surface area contributed by atoms with Crippen LogP contribution < -0.4 is 20.4 Å². The molecule has 312 valence electrons. The Morgan fingerprint density at radius 1 is 0.355 bits per heavy atom. The Labute approximate surface area is 393 Å². The van der Waals surface area contributed by atoms with Crippen LogP contribution in [0.2, 0.25) is 0 Å². The average Bonchev–Trinajstić information content (AvgIpc) is 4.10. The number of phenols is 4. The molecule has 4 aromatic carbocycles. The number of rotatable bonds is 4. The van der Waals surface area contributed by atoms with Crippen molar-refractivity contribution in [2.75, 3.05) is 0 Å². The van der Waals surface area contributed by atoms with Crippen LogP contribution in [-0.2, 0) is 54.6 Å². The van der Waals surface area contributed by atoms with E-state index in [1.807, 2.05) is 0 Å². The second-order valence-corrected chi connectivity index (χ2v) is 10.3. The summed E-state index contributed by atoms with van der Waals surface area (Å²) in [6.07, 6.45) is 20.3. The molecule has 0 aliphatic carbocycles. The van der Waals surface area contributed by atoms with Crippen molar-refractivity contribution in [1.82, 2.24) is 39.9 Å². The third-order valence-corrected chi connectivity index (χ3v) is 6.12. The molecule has 22 heteroatoms. The minimum atomic E-state index is -1.36. The van der Waals surface area contributed by atoms with E-state index in [4.69, 9.17) is 20.4 Å². The molecular formula is C40H36Cd2N8O12. The van der Waals surface area contributed by atoms with Gasteiger partial charge in [0, 0.05) is 71.8 Å². The predicted octanol–water partition coefficient (Wildman–Crippen LogP) is 0.657. The van der Waals surface area contributed by atoms with E-state index in [0.29, 0.717) is 0 Å². The standard InChI is InChI=1S/4C7H6O3.4C3H4N2.2Cd/c4*8-6-4-2-1-3-5(6)7(9)10;4*1-2-5-3-4-1;;/h4*1-4,8H,(H,9,10);4*1-3H,(H,4,5);;/q;;;;;;;;2*+2/p-4. The number of aromatic hydroxyl groups is 4. The minimum Gasteiger partial charge on any atom is -0.545 e. The van der Waals surface area contributed by atoms with Gasteiger partial charge in [0.25, 0.3) is 0 Å². The summed E-state index contributed by atoms with van der Waals surface area (Å²) in [5, 5.41) is 76.0. The SMILES string of the molecule is O=C([O-])c1ccccc1O.O=C([O-])c1ccccc1O.O=C([O-])c1ccccc1O.O=C([O-])c1ccccc1O.[Cd+2].[Cd+2].c1c[nH]cn1.c1c[nH]cn1.c1c[nH]cn1.c1c[nH]cn1. The van der Waals surface area contributed by atoms with Crippen LogP contribution in [0.15, 0.2) is 172 Å². The first-order valence-corrected chi connectivity index (χ1v) is 16.5. The molecule has 0 saturated heterocycles. The molecule has 8 N–H and O–H groups in total. The molecule has 0 aliphatic heterocycles. The molecule has 0 aliphatic rings. The zero-order valence-electron chi connectivity index (χ0n) is 32.4. The number of carbonyl (C=O) groups excluding carboxylic acids is 4. The van der Waals surface area contributed by atoms with Crippen molar-refractivity contribution in [3.63, 3.8) is 0 Å². The van der Waals surface area contributed by atoms with E-state index in [9.17, 15) is 39.6 Å². The van der Waals surface area contributed by atoms with E-state index in [-0.39, 0.29) is 99.8 Å². The van der Waals surface area contributed by atoms with Crippen molar-refractivity contribution < 1.29 is 115 Å². The number of imidazole rings is 4. The summed E-state index contributed by atoms with van der Waals surface area (Å²) >= 11 is 0. The molecule has 20 nitrogen and oxygen atoms in total. The Morgan fingerprint density at radius 2 is 0.532 bits per heavy atom. The van der Waals surface area contributed by atoms with E-state index in [2.05, 4.69) is 39.9 Å². The van der Waals surface area contributed by atoms with Crippen LogP contribution in [0.25, 0.3) is 0 Å². The summed E-state index contributed by atoms with van der Waals surface area (Å²) in [7, 11) is 0. The fourth-order valence-electron chi connectivity index (χ4n) is 3.45. The minimum absolute atomic E-state index is 0. The number of H-pyrrole nitrogens is 4. The number of benzene rings is 4. The fourth-order valence-corrected chi connectivity index (χ4v) is 3.45. The Kier molecular flexibility index (Phi) is 32.6. The molecule has 0 saturated carbocycles. The van der Waals surface area contributed by atoms with Gasteiger partial charge in [0.2, 0.25) is 0 Å². The van der Waals surface area contributed by atoms with Gasteiger partial charge in [-0.2, -0.15) is 0 Å². The number of aromatic amines is 4. The van der Waals surface area contributed by atoms with Gasteiger partial charge >= 0.3 is 54.6 Å². The van der Waals surface area contributed by atoms with Crippen LogP contribution in [0, 0.1) is 0 Å². The number of carboxylic acids is 4. The topological polar surface area (TPSA) is 356 Å². The molecule has 0 unspecified atom stereocenters. The van der Waals surface area contributed by atoms with Gasteiger partial charge in [0.05, 0.1) is 49.2 Å². The van der Waals surface area contributed by atoms with Crippen LogP contribution >= 0.6 is 0 Å². The molecule has 8 aromatic rings. The Morgan fingerprint density at radius 3 is 0.613 bits per heavy atom. The normalized spacial score (nSPS) is 8.52. The Balaban J connectivity index is 0. The first-order chi connectivity index (χ1) is 28.9. The monoisotopic (exact) mass is 1050 g/mol.